The normalized spacial score (nSPS) is 11.2. The van der Waals surface area contributed by atoms with Crippen LogP contribution in [-0.4, -0.2) is 28.4 Å². The third kappa shape index (κ3) is 4.07. The maximum atomic E-state index is 10.9. The number of carboxylic acid groups (broad SMARTS) is 1. The molecule has 0 radical (unpaired) electrons. The molecule has 1 aromatic rings. The second-order valence-corrected chi connectivity index (χ2v) is 4.39. The molecule has 0 aromatic heterocycles. The van der Waals surface area contributed by atoms with Gasteiger partial charge < -0.3 is 14.9 Å². The molecule has 1 aromatic carbocycles. The molecule has 1 rings (SSSR count). The summed E-state index contributed by atoms with van der Waals surface area (Å²) in [5.41, 5.74) is -0.215. The van der Waals surface area contributed by atoms with Crippen molar-refractivity contribution in [2.45, 2.75) is 32.3 Å². The highest BCUT2D eigenvalue weighted by atomic mass is 16.5. The number of aliphatic hydroxyl groups excluding tert-OH is 1. The quantitative estimate of drug-likeness (QED) is 0.793. The molecule has 2 N–H and O–H groups in total. The van der Waals surface area contributed by atoms with Gasteiger partial charge in [0.2, 0.25) is 0 Å². The minimum absolute atomic E-state index is 0.145. The molecule has 0 saturated carbocycles. The van der Waals surface area contributed by atoms with Crippen LogP contribution in [0.4, 0.5) is 0 Å². The Hall–Kier alpha value is -1.55. The van der Waals surface area contributed by atoms with E-state index in [-0.39, 0.29) is 6.61 Å². The lowest BCUT2D eigenvalue weighted by molar-refractivity contribution is -0.152. The molecule has 0 amide bonds. The second kappa shape index (κ2) is 5.68. The maximum absolute atomic E-state index is 10.9. The van der Waals surface area contributed by atoms with Gasteiger partial charge in [-0.3, -0.25) is 0 Å². The Morgan fingerprint density at radius 2 is 2.12 bits per heavy atom. The van der Waals surface area contributed by atoms with E-state index in [4.69, 9.17) is 14.9 Å². The first-order chi connectivity index (χ1) is 7.95. The maximum Gasteiger partial charge on any atom is 0.347 e. The topological polar surface area (TPSA) is 66.8 Å². The summed E-state index contributed by atoms with van der Waals surface area (Å²) in [7, 11) is 0. The van der Waals surface area contributed by atoms with E-state index in [0.717, 1.165) is 12.0 Å². The number of hydrogen-bond donors (Lipinski definition) is 2. The van der Waals surface area contributed by atoms with Crippen molar-refractivity contribution in [3.63, 3.8) is 0 Å². The summed E-state index contributed by atoms with van der Waals surface area (Å²) in [6.45, 7) is 3.16. The minimum atomic E-state index is -1.24. The van der Waals surface area contributed by atoms with Crippen molar-refractivity contribution in [3.8, 4) is 5.75 Å². The molecular formula is C13H18O4. The third-order valence-corrected chi connectivity index (χ3v) is 2.41. The Kier molecular flexibility index (Phi) is 4.52. The predicted molar refractivity (Wildman–Crippen MR) is 64.2 cm³/mol. The first-order valence-electron chi connectivity index (χ1n) is 5.58. The van der Waals surface area contributed by atoms with Gasteiger partial charge in [0.05, 0.1) is 0 Å². The van der Waals surface area contributed by atoms with Gasteiger partial charge in [-0.05, 0) is 44.4 Å². The Bertz CT molecular complexity index is 385. The molecule has 0 bridgehead atoms. The molecule has 4 heteroatoms. The lowest BCUT2D eigenvalue weighted by Gasteiger charge is -2.21. The van der Waals surface area contributed by atoms with Gasteiger partial charge in [-0.15, -0.1) is 0 Å². The lowest BCUT2D eigenvalue weighted by atomic mass is 10.1. The lowest BCUT2D eigenvalue weighted by Crippen LogP contribution is -2.37. The summed E-state index contributed by atoms with van der Waals surface area (Å²) in [6.07, 6.45) is 1.44. The third-order valence-electron chi connectivity index (χ3n) is 2.41. The summed E-state index contributed by atoms with van der Waals surface area (Å²) in [5, 5.41) is 17.7. The highest BCUT2D eigenvalue weighted by molar-refractivity contribution is 5.76. The van der Waals surface area contributed by atoms with E-state index in [2.05, 4.69) is 0 Å². The molecule has 0 aliphatic rings. The molecule has 0 heterocycles. The van der Waals surface area contributed by atoms with E-state index < -0.39 is 11.6 Å². The van der Waals surface area contributed by atoms with Crippen molar-refractivity contribution in [1.82, 2.24) is 0 Å². The van der Waals surface area contributed by atoms with Gasteiger partial charge in [0, 0.05) is 6.61 Å². The number of aliphatic carboxylic acids is 1. The van der Waals surface area contributed by atoms with Gasteiger partial charge in [-0.25, -0.2) is 4.79 Å². The van der Waals surface area contributed by atoms with Crippen LogP contribution in [-0.2, 0) is 11.2 Å². The Morgan fingerprint density at radius 1 is 1.41 bits per heavy atom. The summed E-state index contributed by atoms with van der Waals surface area (Å²) >= 11 is 0. The van der Waals surface area contributed by atoms with Gasteiger partial charge in [0.15, 0.2) is 5.60 Å². The summed E-state index contributed by atoms with van der Waals surface area (Å²) < 4.78 is 5.42. The van der Waals surface area contributed by atoms with Crippen LogP contribution >= 0.6 is 0 Å². The number of benzene rings is 1. The van der Waals surface area contributed by atoms with E-state index in [0.29, 0.717) is 12.2 Å². The van der Waals surface area contributed by atoms with Crippen LogP contribution in [0.2, 0.25) is 0 Å². The van der Waals surface area contributed by atoms with Crippen molar-refractivity contribution in [1.29, 1.82) is 0 Å². The SMILES string of the molecule is CC(C)(Oc1cccc(CCCO)c1)C(=O)O. The molecule has 0 spiro atoms. The number of rotatable bonds is 6. The molecule has 0 fully saturated rings. The summed E-state index contributed by atoms with van der Waals surface area (Å²) in [5.74, 6) is -0.467. The van der Waals surface area contributed by atoms with Crippen LogP contribution < -0.4 is 4.74 Å². The van der Waals surface area contributed by atoms with E-state index in [1.54, 1.807) is 12.1 Å². The van der Waals surface area contributed by atoms with Crippen LogP contribution in [0.25, 0.3) is 0 Å². The standard InChI is InChI=1S/C13H18O4/c1-13(2,12(15)16)17-11-7-3-5-10(9-11)6-4-8-14/h3,5,7,9,14H,4,6,8H2,1-2H3,(H,15,16). The van der Waals surface area contributed by atoms with E-state index in [1.165, 1.54) is 13.8 Å². The number of aryl methyl sites for hydroxylation is 1. The van der Waals surface area contributed by atoms with Crippen molar-refractivity contribution in [2.75, 3.05) is 6.61 Å². The number of carbonyl (C=O) groups is 1. The average molecular weight is 238 g/mol. The van der Waals surface area contributed by atoms with Gasteiger partial charge in [0.1, 0.15) is 5.75 Å². The van der Waals surface area contributed by atoms with Crippen molar-refractivity contribution < 1.29 is 19.7 Å². The largest absolute Gasteiger partial charge is 0.478 e. The van der Waals surface area contributed by atoms with E-state index >= 15 is 0 Å². The average Bonchev–Trinajstić information content (AvgIpc) is 2.26. The monoisotopic (exact) mass is 238 g/mol. The number of hydrogen-bond acceptors (Lipinski definition) is 3. The van der Waals surface area contributed by atoms with Crippen molar-refractivity contribution in [2.24, 2.45) is 0 Å². The zero-order valence-electron chi connectivity index (χ0n) is 10.1. The van der Waals surface area contributed by atoms with Crippen molar-refractivity contribution >= 4 is 5.97 Å². The molecule has 0 aliphatic heterocycles. The minimum Gasteiger partial charge on any atom is -0.478 e. The van der Waals surface area contributed by atoms with Crippen LogP contribution in [0.1, 0.15) is 25.8 Å². The fraction of sp³-hybridized carbons (Fsp3) is 0.462. The molecule has 0 atom stereocenters. The highest BCUT2D eigenvalue weighted by Gasteiger charge is 2.29. The molecule has 0 saturated heterocycles. The van der Waals surface area contributed by atoms with Crippen LogP contribution in [0.5, 0.6) is 5.75 Å². The highest BCUT2D eigenvalue weighted by Crippen LogP contribution is 2.20. The predicted octanol–water partition coefficient (Wildman–Crippen LogP) is 1.85. The second-order valence-electron chi connectivity index (χ2n) is 4.39. The smallest absolute Gasteiger partial charge is 0.347 e. The van der Waals surface area contributed by atoms with Gasteiger partial charge in [-0.2, -0.15) is 0 Å². The fourth-order valence-corrected chi connectivity index (χ4v) is 1.39. The van der Waals surface area contributed by atoms with E-state index in [1.807, 2.05) is 12.1 Å². The Labute approximate surface area is 101 Å². The molecule has 0 unspecified atom stereocenters. The van der Waals surface area contributed by atoms with Gasteiger partial charge in [-0.1, -0.05) is 12.1 Å². The van der Waals surface area contributed by atoms with Crippen LogP contribution in [0, 0.1) is 0 Å². The summed E-state index contributed by atoms with van der Waals surface area (Å²) in [4.78, 5) is 10.9. The summed E-state index contributed by atoms with van der Waals surface area (Å²) in [6, 6.07) is 7.28. The molecule has 94 valence electrons. The molecule has 0 aliphatic carbocycles. The zero-order chi connectivity index (χ0) is 12.9. The van der Waals surface area contributed by atoms with Gasteiger partial charge in [0.25, 0.3) is 0 Å². The molecule has 4 nitrogen and oxygen atoms in total. The zero-order valence-corrected chi connectivity index (χ0v) is 10.1. The number of ether oxygens (including phenoxy) is 1. The first-order valence-corrected chi connectivity index (χ1v) is 5.58. The first kappa shape index (κ1) is 13.5. The number of carboxylic acids is 1. The molecule has 17 heavy (non-hydrogen) atoms. The van der Waals surface area contributed by atoms with Crippen molar-refractivity contribution in [3.05, 3.63) is 29.8 Å². The Balaban J connectivity index is 2.75. The number of aliphatic hydroxyl groups is 1. The van der Waals surface area contributed by atoms with Crippen LogP contribution in [0.15, 0.2) is 24.3 Å². The van der Waals surface area contributed by atoms with E-state index in [9.17, 15) is 4.79 Å². The molecular weight excluding hydrogens is 220 g/mol. The van der Waals surface area contributed by atoms with Crippen LogP contribution in [0.3, 0.4) is 0 Å². The Morgan fingerprint density at radius 3 is 2.71 bits per heavy atom. The van der Waals surface area contributed by atoms with Gasteiger partial charge >= 0.3 is 5.97 Å². The fourth-order valence-electron chi connectivity index (χ4n) is 1.39.